The normalized spacial score (nSPS) is 16.0. The van der Waals surface area contributed by atoms with Crippen LogP contribution in [0.15, 0.2) is 5.38 Å². The maximum atomic E-state index is 10.3. The summed E-state index contributed by atoms with van der Waals surface area (Å²) in [5.74, 6) is 0.0123. The van der Waals surface area contributed by atoms with Crippen molar-refractivity contribution < 1.29 is 9.90 Å². The molecule has 1 saturated carbocycles. The first-order chi connectivity index (χ1) is 7.75. The standard InChI is InChI=1S/C12H17NO2S/c14-12(15)7-2-1-6-11-13-10(8-16-11)9-4-3-5-9/h8-9H,1-7H2,(H,14,15). The van der Waals surface area contributed by atoms with Crippen molar-refractivity contribution in [1.82, 2.24) is 4.98 Å². The van der Waals surface area contributed by atoms with Gasteiger partial charge in [-0.3, -0.25) is 4.79 Å². The first-order valence-corrected chi connectivity index (χ1v) is 6.80. The van der Waals surface area contributed by atoms with Gasteiger partial charge in [0.2, 0.25) is 0 Å². The molecule has 0 atom stereocenters. The Morgan fingerprint density at radius 2 is 2.31 bits per heavy atom. The number of unbranched alkanes of at least 4 members (excludes halogenated alkanes) is 1. The summed E-state index contributed by atoms with van der Waals surface area (Å²) in [6.07, 6.45) is 6.84. The third-order valence-corrected chi connectivity index (χ3v) is 4.05. The van der Waals surface area contributed by atoms with Crippen LogP contribution < -0.4 is 0 Å². The lowest BCUT2D eigenvalue weighted by molar-refractivity contribution is -0.137. The van der Waals surface area contributed by atoms with Crippen LogP contribution >= 0.6 is 11.3 Å². The second kappa shape index (κ2) is 5.43. The van der Waals surface area contributed by atoms with Crippen LogP contribution in [0, 0.1) is 0 Å². The third kappa shape index (κ3) is 3.04. The Morgan fingerprint density at radius 1 is 1.50 bits per heavy atom. The lowest BCUT2D eigenvalue weighted by Crippen LogP contribution is -2.08. The van der Waals surface area contributed by atoms with Crippen molar-refractivity contribution in [1.29, 1.82) is 0 Å². The van der Waals surface area contributed by atoms with E-state index in [1.165, 1.54) is 30.0 Å². The monoisotopic (exact) mass is 239 g/mol. The zero-order chi connectivity index (χ0) is 11.4. The molecule has 0 aromatic carbocycles. The molecule has 1 aliphatic rings. The van der Waals surface area contributed by atoms with Gasteiger partial charge in [0.25, 0.3) is 0 Å². The van der Waals surface area contributed by atoms with Crippen LogP contribution in [0.3, 0.4) is 0 Å². The topological polar surface area (TPSA) is 50.2 Å². The Kier molecular flexibility index (Phi) is 3.93. The maximum absolute atomic E-state index is 10.3. The van der Waals surface area contributed by atoms with E-state index < -0.39 is 5.97 Å². The Labute approximate surface area is 99.5 Å². The predicted octanol–water partition coefficient (Wildman–Crippen LogP) is 3.21. The minimum atomic E-state index is -0.700. The van der Waals surface area contributed by atoms with Gasteiger partial charge < -0.3 is 5.11 Å². The third-order valence-electron chi connectivity index (χ3n) is 3.12. The van der Waals surface area contributed by atoms with Gasteiger partial charge in [-0.1, -0.05) is 6.42 Å². The van der Waals surface area contributed by atoms with E-state index >= 15 is 0 Å². The molecule has 16 heavy (non-hydrogen) atoms. The van der Waals surface area contributed by atoms with Crippen LogP contribution in [0.4, 0.5) is 0 Å². The highest BCUT2D eigenvalue weighted by molar-refractivity contribution is 7.09. The summed E-state index contributed by atoms with van der Waals surface area (Å²) >= 11 is 1.73. The molecule has 0 aliphatic heterocycles. The second-order valence-corrected chi connectivity index (χ2v) is 5.34. The number of carboxylic acids is 1. The number of rotatable bonds is 6. The lowest BCUT2D eigenvalue weighted by atomic mass is 9.83. The van der Waals surface area contributed by atoms with Gasteiger partial charge in [-0.05, 0) is 32.1 Å². The average molecular weight is 239 g/mol. The van der Waals surface area contributed by atoms with E-state index in [9.17, 15) is 4.79 Å². The first kappa shape index (κ1) is 11.6. The summed E-state index contributed by atoms with van der Waals surface area (Å²) in [6.45, 7) is 0. The number of aliphatic carboxylic acids is 1. The Bertz CT molecular complexity index is 358. The summed E-state index contributed by atoms with van der Waals surface area (Å²) < 4.78 is 0. The highest BCUT2D eigenvalue weighted by Gasteiger charge is 2.21. The molecule has 4 heteroatoms. The van der Waals surface area contributed by atoms with Gasteiger partial charge in [-0.15, -0.1) is 11.3 Å². The van der Waals surface area contributed by atoms with Gasteiger partial charge in [0.05, 0.1) is 10.7 Å². The van der Waals surface area contributed by atoms with Crippen molar-refractivity contribution in [3.63, 3.8) is 0 Å². The van der Waals surface area contributed by atoms with Gasteiger partial charge in [0, 0.05) is 17.7 Å². The number of thiazole rings is 1. The molecule has 1 heterocycles. The van der Waals surface area contributed by atoms with Crippen LogP contribution in [0.2, 0.25) is 0 Å². The molecule has 0 radical (unpaired) electrons. The highest BCUT2D eigenvalue weighted by atomic mass is 32.1. The van der Waals surface area contributed by atoms with Crippen molar-refractivity contribution in [2.75, 3.05) is 0 Å². The van der Waals surface area contributed by atoms with Crippen LogP contribution in [0.1, 0.15) is 55.1 Å². The second-order valence-electron chi connectivity index (χ2n) is 4.39. The van der Waals surface area contributed by atoms with E-state index in [2.05, 4.69) is 10.4 Å². The molecule has 1 aromatic rings. The summed E-state index contributed by atoms with van der Waals surface area (Å²) in [5.41, 5.74) is 1.27. The van der Waals surface area contributed by atoms with Crippen LogP contribution in [0.5, 0.6) is 0 Å². The molecular weight excluding hydrogens is 222 g/mol. The molecule has 1 aromatic heterocycles. The van der Waals surface area contributed by atoms with Crippen molar-refractivity contribution in [3.05, 3.63) is 16.1 Å². The van der Waals surface area contributed by atoms with Gasteiger partial charge >= 0.3 is 5.97 Å². The molecule has 3 nitrogen and oxygen atoms in total. The fraction of sp³-hybridized carbons (Fsp3) is 0.667. The van der Waals surface area contributed by atoms with E-state index in [1.54, 1.807) is 11.3 Å². The minimum Gasteiger partial charge on any atom is -0.481 e. The molecule has 88 valence electrons. The molecule has 0 amide bonds. The van der Waals surface area contributed by atoms with Crippen molar-refractivity contribution in [3.8, 4) is 0 Å². The van der Waals surface area contributed by atoms with E-state index in [-0.39, 0.29) is 6.42 Å². The van der Waals surface area contributed by atoms with Crippen molar-refractivity contribution in [2.45, 2.75) is 50.9 Å². The highest BCUT2D eigenvalue weighted by Crippen LogP contribution is 2.36. The number of nitrogens with zero attached hydrogens (tertiary/aromatic N) is 1. The molecule has 0 unspecified atom stereocenters. The first-order valence-electron chi connectivity index (χ1n) is 5.92. The summed E-state index contributed by atoms with van der Waals surface area (Å²) in [7, 11) is 0. The SMILES string of the molecule is O=C(O)CCCCc1nc(C2CCC2)cs1. The van der Waals surface area contributed by atoms with Crippen molar-refractivity contribution in [2.24, 2.45) is 0 Å². The molecule has 0 bridgehead atoms. The number of hydrogen-bond acceptors (Lipinski definition) is 3. The number of carboxylic acid groups (broad SMARTS) is 1. The van der Waals surface area contributed by atoms with Gasteiger partial charge in [-0.25, -0.2) is 4.98 Å². The zero-order valence-corrected chi connectivity index (χ0v) is 10.1. The van der Waals surface area contributed by atoms with Gasteiger partial charge in [-0.2, -0.15) is 0 Å². The smallest absolute Gasteiger partial charge is 0.303 e. The van der Waals surface area contributed by atoms with Crippen LogP contribution in [-0.2, 0) is 11.2 Å². The van der Waals surface area contributed by atoms with Crippen LogP contribution in [0.25, 0.3) is 0 Å². The Hall–Kier alpha value is -0.900. The number of aryl methyl sites for hydroxylation is 1. The van der Waals surface area contributed by atoms with E-state index in [1.807, 2.05) is 0 Å². The molecule has 0 saturated heterocycles. The van der Waals surface area contributed by atoms with E-state index in [0.29, 0.717) is 5.92 Å². The maximum Gasteiger partial charge on any atom is 0.303 e. The Balaban J connectivity index is 1.72. The minimum absolute atomic E-state index is 0.279. The molecule has 1 aliphatic carbocycles. The molecule has 1 fully saturated rings. The van der Waals surface area contributed by atoms with Crippen molar-refractivity contribution >= 4 is 17.3 Å². The van der Waals surface area contributed by atoms with Gasteiger partial charge in [0.1, 0.15) is 0 Å². The van der Waals surface area contributed by atoms with E-state index in [4.69, 9.17) is 5.11 Å². The number of carbonyl (C=O) groups is 1. The summed E-state index contributed by atoms with van der Waals surface area (Å²) in [6, 6.07) is 0. The summed E-state index contributed by atoms with van der Waals surface area (Å²) in [4.78, 5) is 15.0. The molecule has 2 rings (SSSR count). The predicted molar refractivity (Wildman–Crippen MR) is 63.9 cm³/mol. The quantitative estimate of drug-likeness (QED) is 0.775. The molecular formula is C12H17NO2S. The van der Waals surface area contributed by atoms with Crippen LogP contribution in [-0.4, -0.2) is 16.1 Å². The number of aromatic nitrogens is 1. The molecule has 1 N–H and O–H groups in total. The Morgan fingerprint density at radius 3 is 2.94 bits per heavy atom. The largest absolute Gasteiger partial charge is 0.481 e. The lowest BCUT2D eigenvalue weighted by Gasteiger charge is -2.22. The fourth-order valence-corrected chi connectivity index (χ4v) is 2.81. The van der Waals surface area contributed by atoms with E-state index in [0.717, 1.165) is 19.3 Å². The zero-order valence-electron chi connectivity index (χ0n) is 9.32. The fourth-order valence-electron chi connectivity index (χ4n) is 1.88. The average Bonchev–Trinajstić information content (AvgIpc) is 2.58. The molecule has 0 spiro atoms. The summed E-state index contributed by atoms with van der Waals surface area (Å²) in [5, 5.41) is 11.9. The van der Waals surface area contributed by atoms with Gasteiger partial charge in [0.15, 0.2) is 0 Å². The number of hydrogen-bond donors (Lipinski definition) is 1.